The number of aromatic nitrogens is 2. The molecule has 0 aliphatic carbocycles. The number of carbonyl (C=O) groups is 1. The number of ether oxygens (including phenoxy) is 2. The number of nitrogens with zero attached hydrogens (tertiary/aromatic N) is 1. The van der Waals surface area contributed by atoms with Gasteiger partial charge in [-0.05, 0) is 30.2 Å². The number of amides is 1. The molecule has 0 aliphatic heterocycles. The van der Waals surface area contributed by atoms with E-state index in [4.69, 9.17) is 21.1 Å². The van der Waals surface area contributed by atoms with Crippen LogP contribution in [0.5, 0.6) is 11.5 Å². The first-order chi connectivity index (χ1) is 14.4. The quantitative estimate of drug-likeness (QED) is 0.570. The van der Waals surface area contributed by atoms with Crippen LogP contribution in [0, 0.1) is 0 Å². The summed E-state index contributed by atoms with van der Waals surface area (Å²) >= 11 is 5.84. The van der Waals surface area contributed by atoms with Crippen molar-refractivity contribution in [1.29, 1.82) is 0 Å². The summed E-state index contributed by atoms with van der Waals surface area (Å²) < 4.78 is 11.5. The number of methoxy groups -OCH3 is 2. The van der Waals surface area contributed by atoms with Crippen LogP contribution in [0.3, 0.4) is 0 Å². The number of carbonyl (C=O) groups excluding carboxylic acids is 1. The number of benzene rings is 2. The Morgan fingerprint density at radius 3 is 2.43 bits per heavy atom. The van der Waals surface area contributed by atoms with Crippen LogP contribution in [0.15, 0.2) is 46.0 Å². The number of rotatable bonds is 8. The zero-order chi connectivity index (χ0) is 21.7. The molecule has 3 aromatic rings. The van der Waals surface area contributed by atoms with Gasteiger partial charge in [-0.25, -0.2) is 4.79 Å². The Bertz CT molecular complexity index is 1170. The largest absolute Gasteiger partial charge is 0.493 e. The summed E-state index contributed by atoms with van der Waals surface area (Å²) in [6, 6.07) is 10.3. The molecule has 1 amide bonds. The Balaban J connectivity index is 1.66. The van der Waals surface area contributed by atoms with E-state index in [2.05, 4.69) is 10.3 Å². The third-order valence-electron chi connectivity index (χ3n) is 4.67. The molecule has 158 valence electrons. The molecule has 0 spiro atoms. The predicted octanol–water partition coefficient (Wildman–Crippen LogP) is 2.46. The monoisotopic (exact) mass is 431 g/mol. The van der Waals surface area contributed by atoms with E-state index in [0.717, 1.165) is 10.1 Å². The lowest BCUT2D eigenvalue weighted by Crippen LogP contribution is -2.35. The topological polar surface area (TPSA) is 102 Å². The minimum atomic E-state index is -0.540. The molecule has 0 atom stereocenters. The first kappa shape index (κ1) is 21.4. The highest BCUT2D eigenvalue weighted by atomic mass is 35.5. The minimum absolute atomic E-state index is 0.118. The number of nitrogens with one attached hydrogen (secondary N) is 2. The second kappa shape index (κ2) is 9.49. The van der Waals surface area contributed by atoms with Gasteiger partial charge in [0.05, 0.1) is 25.1 Å². The lowest BCUT2D eigenvalue weighted by atomic mass is 10.2. The molecule has 0 saturated carbocycles. The van der Waals surface area contributed by atoms with E-state index < -0.39 is 11.2 Å². The SMILES string of the molecule is COc1cc2[nH]c(=O)n(CCCC(=O)NCc3ccc(Cl)cc3)c(=O)c2cc1OC. The van der Waals surface area contributed by atoms with Crippen LogP contribution < -0.4 is 26.0 Å². The fourth-order valence-electron chi connectivity index (χ4n) is 3.07. The molecule has 0 saturated heterocycles. The molecular formula is C21H22ClN3O5. The standard InChI is InChI=1S/C21H22ClN3O5/c1-29-17-10-15-16(11-18(17)30-2)24-21(28)25(20(15)27)9-3-4-19(26)23-12-13-5-7-14(22)8-6-13/h5-8,10-11H,3-4,9,12H2,1-2H3,(H,23,26)(H,24,28). The second-order valence-corrected chi connectivity index (χ2v) is 7.08. The Hall–Kier alpha value is -3.26. The molecule has 2 aromatic carbocycles. The Morgan fingerprint density at radius 1 is 1.10 bits per heavy atom. The summed E-state index contributed by atoms with van der Waals surface area (Å²) in [4.78, 5) is 39.9. The van der Waals surface area contributed by atoms with Crippen LogP contribution in [0.1, 0.15) is 18.4 Å². The van der Waals surface area contributed by atoms with Crippen molar-refractivity contribution < 1.29 is 14.3 Å². The molecule has 0 fully saturated rings. The summed E-state index contributed by atoms with van der Waals surface area (Å²) in [5, 5.41) is 3.74. The van der Waals surface area contributed by atoms with Gasteiger partial charge in [-0.1, -0.05) is 23.7 Å². The van der Waals surface area contributed by atoms with Gasteiger partial charge in [0.15, 0.2) is 11.5 Å². The van der Waals surface area contributed by atoms with Gasteiger partial charge in [-0.3, -0.25) is 14.2 Å². The summed E-state index contributed by atoms with van der Waals surface area (Å²) in [6.07, 6.45) is 0.525. The molecule has 2 N–H and O–H groups in total. The highest BCUT2D eigenvalue weighted by Gasteiger charge is 2.13. The molecule has 8 nitrogen and oxygen atoms in total. The van der Waals surface area contributed by atoms with E-state index in [1.54, 1.807) is 18.2 Å². The van der Waals surface area contributed by atoms with Crippen LogP contribution in [0.2, 0.25) is 5.02 Å². The first-order valence-corrected chi connectivity index (χ1v) is 9.70. The smallest absolute Gasteiger partial charge is 0.328 e. The highest BCUT2D eigenvalue weighted by molar-refractivity contribution is 6.30. The molecule has 9 heteroatoms. The second-order valence-electron chi connectivity index (χ2n) is 6.65. The normalized spacial score (nSPS) is 10.8. The molecule has 0 bridgehead atoms. The number of hydrogen-bond acceptors (Lipinski definition) is 5. The molecule has 1 aromatic heterocycles. The van der Waals surface area contributed by atoms with E-state index in [-0.39, 0.29) is 18.9 Å². The van der Waals surface area contributed by atoms with Gasteiger partial charge in [-0.15, -0.1) is 0 Å². The number of aromatic amines is 1. The summed E-state index contributed by atoms with van der Waals surface area (Å²) in [5.74, 6) is 0.638. The zero-order valence-electron chi connectivity index (χ0n) is 16.7. The number of hydrogen-bond donors (Lipinski definition) is 2. The average Bonchev–Trinajstić information content (AvgIpc) is 2.74. The molecular weight excluding hydrogens is 410 g/mol. The Labute approximate surface area is 177 Å². The highest BCUT2D eigenvalue weighted by Crippen LogP contribution is 2.29. The maximum absolute atomic E-state index is 12.8. The molecule has 0 aliphatic rings. The summed E-state index contributed by atoms with van der Waals surface area (Å²) in [5.41, 5.74) is 0.302. The van der Waals surface area contributed by atoms with Crippen LogP contribution in [-0.2, 0) is 17.9 Å². The van der Waals surface area contributed by atoms with E-state index in [1.165, 1.54) is 20.3 Å². The van der Waals surface area contributed by atoms with Crippen molar-refractivity contribution >= 4 is 28.4 Å². The zero-order valence-corrected chi connectivity index (χ0v) is 17.4. The van der Waals surface area contributed by atoms with Crippen molar-refractivity contribution in [1.82, 2.24) is 14.9 Å². The lowest BCUT2D eigenvalue weighted by molar-refractivity contribution is -0.121. The van der Waals surface area contributed by atoms with Crippen molar-refractivity contribution in [2.45, 2.75) is 25.9 Å². The van der Waals surface area contributed by atoms with E-state index in [1.807, 2.05) is 12.1 Å². The van der Waals surface area contributed by atoms with Gasteiger partial charge in [0, 0.05) is 30.6 Å². The number of fused-ring (bicyclic) bond motifs is 1. The molecule has 0 radical (unpaired) electrons. The molecule has 1 heterocycles. The molecule has 0 unspecified atom stereocenters. The van der Waals surface area contributed by atoms with Gasteiger partial charge in [-0.2, -0.15) is 0 Å². The molecule has 30 heavy (non-hydrogen) atoms. The van der Waals surface area contributed by atoms with Crippen LogP contribution in [-0.4, -0.2) is 29.7 Å². The fourth-order valence-corrected chi connectivity index (χ4v) is 3.20. The van der Waals surface area contributed by atoms with Crippen LogP contribution >= 0.6 is 11.6 Å². The predicted molar refractivity (Wildman–Crippen MR) is 114 cm³/mol. The summed E-state index contributed by atoms with van der Waals surface area (Å²) in [7, 11) is 2.94. The Morgan fingerprint density at radius 2 is 1.77 bits per heavy atom. The van der Waals surface area contributed by atoms with E-state index in [0.29, 0.717) is 40.4 Å². The number of H-pyrrole nitrogens is 1. The van der Waals surface area contributed by atoms with Gasteiger partial charge < -0.3 is 19.8 Å². The third kappa shape index (κ3) is 4.83. The van der Waals surface area contributed by atoms with Crippen LogP contribution in [0.25, 0.3) is 10.9 Å². The van der Waals surface area contributed by atoms with Gasteiger partial charge >= 0.3 is 5.69 Å². The van der Waals surface area contributed by atoms with Gasteiger partial charge in [0.2, 0.25) is 5.91 Å². The van der Waals surface area contributed by atoms with Crippen molar-refractivity contribution in [2.24, 2.45) is 0 Å². The third-order valence-corrected chi connectivity index (χ3v) is 4.93. The average molecular weight is 432 g/mol. The van der Waals surface area contributed by atoms with Crippen molar-refractivity contribution in [3.8, 4) is 11.5 Å². The van der Waals surface area contributed by atoms with Crippen molar-refractivity contribution in [3.63, 3.8) is 0 Å². The van der Waals surface area contributed by atoms with Crippen molar-refractivity contribution in [2.75, 3.05) is 14.2 Å². The van der Waals surface area contributed by atoms with Gasteiger partial charge in [0.25, 0.3) is 5.56 Å². The number of halogens is 1. The minimum Gasteiger partial charge on any atom is -0.493 e. The maximum Gasteiger partial charge on any atom is 0.328 e. The van der Waals surface area contributed by atoms with Crippen molar-refractivity contribution in [3.05, 3.63) is 67.8 Å². The van der Waals surface area contributed by atoms with E-state index >= 15 is 0 Å². The lowest BCUT2D eigenvalue weighted by Gasteiger charge is -2.11. The first-order valence-electron chi connectivity index (χ1n) is 9.33. The Kier molecular flexibility index (Phi) is 6.79. The molecule has 3 rings (SSSR count). The van der Waals surface area contributed by atoms with E-state index in [9.17, 15) is 14.4 Å². The maximum atomic E-state index is 12.8. The van der Waals surface area contributed by atoms with Crippen LogP contribution in [0.4, 0.5) is 0 Å². The fraction of sp³-hybridized carbons (Fsp3) is 0.286. The summed E-state index contributed by atoms with van der Waals surface area (Å²) in [6.45, 7) is 0.501. The van der Waals surface area contributed by atoms with Gasteiger partial charge in [0.1, 0.15) is 0 Å².